The molecule has 25 heavy (non-hydrogen) atoms. The van der Waals surface area contributed by atoms with Gasteiger partial charge in [-0.15, -0.1) is 0 Å². The van der Waals surface area contributed by atoms with E-state index in [1.807, 2.05) is 36.0 Å². The maximum atomic E-state index is 5.34. The van der Waals surface area contributed by atoms with Gasteiger partial charge in [-0.2, -0.15) is 5.10 Å². The van der Waals surface area contributed by atoms with E-state index in [1.165, 1.54) is 0 Å². The fraction of sp³-hybridized carbons (Fsp3) is 0.421. The van der Waals surface area contributed by atoms with Crippen LogP contribution in [0.5, 0.6) is 0 Å². The molecule has 0 unspecified atom stereocenters. The zero-order chi connectivity index (χ0) is 17.6. The van der Waals surface area contributed by atoms with Crippen molar-refractivity contribution in [2.75, 3.05) is 11.9 Å². The topological polar surface area (TPSA) is 68.8 Å². The average Bonchev–Trinajstić information content (AvgIpc) is 3.22. The number of hydrogen-bond donors (Lipinski definition) is 1. The Hall–Kier alpha value is -2.63. The van der Waals surface area contributed by atoms with Gasteiger partial charge in [0.15, 0.2) is 11.6 Å². The highest BCUT2D eigenvalue weighted by Gasteiger charge is 2.15. The minimum Gasteiger partial charge on any atom is -0.465 e. The third kappa shape index (κ3) is 3.90. The quantitative estimate of drug-likeness (QED) is 0.620. The molecule has 6 heteroatoms. The van der Waals surface area contributed by atoms with Crippen LogP contribution in [0.4, 0.5) is 5.82 Å². The van der Waals surface area contributed by atoms with Crippen LogP contribution in [0.15, 0.2) is 22.8 Å². The van der Waals surface area contributed by atoms with Gasteiger partial charge in [-0.1, -0.05) is 26.7 Å². The summed E-state index contributed by atoms with van der Waals surface area (Å²) in [5, 5.41) is 8.10. The van der Waals surface area contributed by atoms with E-state index in [0.717, 1.165) is 60.5 Å². The van der Waals surface area contributed by atoms with Crippen LogP contribution >= 0.6 is 0 Å². The van der Waals surface area contributed by atoms with Crippen LogP contribution < -0.4 is 5.32 Å². The predicted octanol–water partition coefficient (Wildman–Crippen LogP) is 4.29. The normalized spacial score (nSPS) is 11.6. The van der Waals surface area contributed by atoms with Crippen molar-refractivity contribution in [1.29, 1.82) is 0 Å². The predicted molar refractivity (Wildman–Crippen MR) is 101 cm³/mol. The number of aromatic nitrogens is 4. The molecule has 3 heterocycles. The van der Waals surface area contributed by atoms with Crippen LogP contribution in [-0.2, 0) is 13.5 Å². The first kappa shape index (κ1) is 17.2. The van der Waals surface area contributed by atoms with E-state index in [1.54, 1.807) is 6.26 Å². The molecule has 3 rings (SSSR count). The fourth-order valence-corrected chi connectivity index (χ4v) is 2.79. The summed E-state index contributed by atoms with van der Waals surface area (Å²) >= 11 is 0. The fourth-order valence-electron chi connectivity index (χ4n) is 2.79. The summed E-state index contributed by atoms with van der Waals surface area (Å²) < 4.78 is 7.23. The minimum atomic E-state index is 0.660. The van der Waals surface area contributed by atoms with E-state index in [2.05, 4.69) is 24.3 Å². The number of unbranched alkanes of at least 4 members (excludes halogenated alkanes) is 1. The first-order chi connectivity index (χ1) is 12.2. The summed E-state index contributed by atoms with van der Waals surface area (Å²) in [5.41, 5.74) is 2.92. The van der Waals surface area contributed by atoms with Crippen LogP contribution in [0.1, 0.15) is 50.4 Å². The standard InChI is InChI=1S/C19H25N5O/c1-4-6-12-20-19-18-17(15(8-5-2)23-24(18)3)21-16(22-19)11-10-14-9-7-13-25-14/h7,9-11,13H,4-6,8,12H2,1-3H3,(H,20,21,22)/b11-10+. The van der Waals surface area contributed by atoms with Gasteiger partial charge >= 0.3 is 0 Å². The highest BCUT2D eigenvalue weighted by molar-refractivity contribution is 5.88. The molecule has 0 atom stereocenters. The largest absolute Gasteiger partial charge is 0.465 e. The molecule has 0 bridgehead atoms. The van der Waals surface area contributed by atoms with Crippen LogP contribution in [0, 0.1) is 0 Å². The summed E-state index contributed by atoms with van der Waals surface area (Å²) in [4.78, 5) is 9.43. The van der Waals surface area contributed by atoms with E-state index in [0.29, 0.717) is 5.82 Å². The zero-order valence-electron chi connectivity index (χ0n) is 15.1. The second kappa shape index (κ2) is 7.96. The molecular weight excluding hydrogens is 314 g/mol. The molecule has 0 spiro atoms. The van der Waals surface area contributed by atoms with E-state index in [4.69, 9.17) is 14.4 Å². The number of anilines is 1. The number of hydrogen-bond acceptors (Lipinski definition) is 5. The van der Waals surface area contributed by atoms with Crippen LogP contribution in [0.2, 0.25) is 0 Å². The minimum absolute atomic E-state index is 0.660. The molecule has 0 radical (unpaired) electrons. The highest BCUT2D eigenvalue weighted by Crippen LogP contribution is 2.24. The third-order valence-electron chi connectivity index (χ3n) is 4.02. The molecule has 3 aromatic rings. The molecule has 132 valence electrons. The van der Waals surface area contributed by atoms with Crippen molar-refractivity contribution >= 4 is 29.0 Å². The summed E-state index contributed by atoms with van der Waals surface area (Å²) in [5.74, 6) is 2.28. The lowest BCUT2D eigenvalue weighted by Gasteiger charge is -2.08. The molecule has 0 fully saturated rings. The molecule has 0 aliphatic heterocycles. The average molecular weight is 339 g/mol. The van der Waals surface area contributed by atoms with Crippen molar-refractivity contribution < 1.29 is 4.42 Å². The lowest BCUT2D eigenvalue weighted by molar-refractivity contribution is 0.557. The SMILES string of the molecule is CCCCNc1nc(/C=C/c2ccco2)nc2c(CCC)nn(C)c12. The summed E-state index contributed by atoms with van der Waals surface area (Å²) in [6, 6.07) is 3.77. The highest BCUT2D eigenvalue weighted by atomic mass is 16.3. The van der Waals surface area contributed by atoms with Crippen molar-refractivity contribution in [3.8, 4) is 0 Å². The number of fused-ring (bicyclic) bond motifs is 1. The Bertz CT molecular complexity index is 848. The zero-order valence-corrected chi connectivity index (χ0v) is 15.1. The first-order valence-corrected chi connectivity index (χ1v) is 8.92. The second-order valence-electron chi connectivity index (χ2n) is 6.08. The molecule has 0 aliphatic rings. The first-order valence-electron chi connectivity index (χ1n) is 8.92. The molecule has 0 saturated carbocycles. The molecule has 0 saturated heterocycles. The summed E-state index contributed by atoms with van der Waals surface area (Å²) in [7, 11) is 1.95. The van der Waals surface area contributed by atoms with Gasteiger partial charge in [-0.05, 0) is 37.1 Å². The van der Waals surface area contributed by atoms with Gasteiger partial charge in [-0.25, -0.2) is 9.97 Å². The molecule has 6 nitrogen and oxygen atoms in total. The molecule has 3 aromatic heterocycles. The Morgan fingerprint density at radius 3 is 2.80 bits per heavy atom. The number of furan rings is 1. The van der Waals surface area contributed by atoms with Gasteiger partial charge in [0.1, 0.15) is 16.8 Å². The van der Waals surface area contributed by atoms with E-state index >= 15 is 0 Å². The maximum Gasteiger partial charge on any atom is 0.156 e. The second-order valence-corrected chi connectivity index (χ2v) is 6.08. The Morgan fingerprint density at radius 2 is 2.08 bits per heavy atom. The van der Waals surface area contributed by atoms with Crippen molar-refractivity contribution in [1.82, 2.24) is 19.7 Å². The molecule has 0 aliphatic carbocycles. The van der Waals surface area contributed by atoms with Gasteiger partial charge in [0.25, 0.3) is 0 Å². The lowest BCUT2D eigenvalue weighted by atomic mass is 10.2. The van der Waals surface area contributed by atoms with Crippen LogP contribution in [0.25, 0.3) is 23.2 Å². The summed E-state index contributed by atoms with van der Waals surface area (Å²) in [6.45, 7) is 5.22. The third-order valence-corrected chi connectivity index (χ3v) is 4.02. The molecule has 1 N–H and O–H groups in total. The molecule has 0 amide bonds. The molecule has 0 aromatic carbocycles. The Balaban J connectivity index is 2.03. The number of nitrogens with zero attached hydrogens (tertiary/aromatic N) is 4. The van der Waals surface area contributed by atoms with Crippen LogP contribution in [-0.4, -0.2) is 26.3 Å². The monoisotopic (exact) mass is 339 g/mol. The Morgan fingerprint density at radius 1 is 1.20 bits per heavy atom. The van der Waals surface area contributed by atoms with E-state index < -0.39 is 0 Å². The Labute approximate surface area is 148 Å². The van der Waals surface area contributed by atoms with Crippen molar-refractivity contribution in [2.45, 2.75) is 39.5 Å². The van der Waals surface area contributed by atoms with E-state index in [-0.39, 0.29) is 0 Å². The van der Waals surface area contributed by atoms with Gasteiger partial charge < -0.3 is 9.73 Å². The van der Waals surface area contributed by atoms with Crippen molar-refractivity contribution in [3.63, 3.8) is 0 Å². The van der Waals surface area contributed by atoms with Gasteiger partial charge in [0.05, 0.1) is 12.0 Å². The number of aryl methyl sites for hydroxylation is 2. The smallest absolute Gasteiger partial charge is 0.156 e. The lowest BCUT2D eigenvalue weighted by Crippen LogP contribution is -2.07. The van der Waals surface area contributed by atoms with Crippen molar-refractivity contribution in [3.05, 3.63) is 35.7 Å². The summed E-state index contributed by atoms with van der Waals surface area (Å²) in [6.07, 6.45) is 9.60. The van der Waals surface area contributed by atoms with Gasteiger partial charge in [-0.3, -0.25) is 4.68 Å². The van der Waals surface area contributed by atoms with Gasteiger partial charge in [0, 0.05) is 13.6 Å². The maximum absolute atomic E-state index is 5.34. The van der Waals surface area contributed by atoms with Gasteiger partial charge in [0.2, 0.25) is 0 Å². The van der Waals surface area contributed by atoms with Crippen molar-refractivity contribution in [2.24, 2.45) is 7.05 Å². The van der Waals surface area contributed by atoms with Crippen LogP contribution in [0.3, 0.4) is 0 Å². The van der Waals surface area contributed by atoms with E-state index in [9.17, 15) is 0 Å². The molecular formula is C19H25N5O. The number of nitrogens with one attached hydrogen (secondary N) is 1. The Kier molecular flexibility index (Phi) is 5.48. The number of rotatable bonds is 8.